The Hall–Kier alpha value is -1.36. The zero-order valence-electron chi connectivity index (χ0n) is 10.1. The minimum atomic E-state index is -0.131. The fourth-order valence-corrected chi connectivity index (χ4v) is 1.43. The van der Waals surface area contributed by atoms with Gasteiger partial charge in [-0.3, -0.25) is 0 Å². The molecule has 0 aliphatic rings. The highest BCUT2D eigenvalue weighted by Crippen LogP contribution is 2.20. The Morgan fingerprint density at radius 1 is 1.50 bits per heavy atom. The first-order chi connectivity index (χ1) is 7.63. The predicted octanol–water partition coefficient (Wildman–Crippen LogP) is 1.48. The molecule has 1 aromatic heterocycles. The van der Waals surface area contributed by atoms with Crippen LogP contribution in [0.15, 0.2) is 12.3 Å². The molecule has 1 rings (SSSR count). The van der Waals surface area contributed by atoms with Gasteiger partial charge in [-0.05, 0) is 25.8 Å². The van der Waals surface area contributed by atoms with Crippen LogP contribution in [-0.4, -0.2) is 34.3 Å². The van der Waals surface area contributed by atoms with Crippen molar-refractivity contribution in [3.8, 4) is 0 Å². The van der Waals surface area contributed by atoms with Crippen LogP contribution in [0, 0.1) is 0 Å². The van der Waals surface area contributed by atoms with Gasteiger partial charge in [0.05, 0.1) is 0 Å². The molecule has 5 heteroatoms. The second-order valence-corrected chi connectivity index (χ2v) is 4.03. The zero-order chi connectivity index (χ0) is 12.0. The molecule has 0 spiro atoms. The van der Waals surface area contributed by atoms with Crippen LogP contribution in [0.2, 0.25) is 0 Å². The lowest BCUT2D eigenvalue weighted by molar-refractivity contribution is 0.252. The minimum absolute atomic E-state index is 0.131. The third-order valence-electron chi connectivity index (χ3n) is 2.75. The van der Waals surface area contributed by atoms with Crippen LogP contribution in [0.5, 0.6) is 0 Å². The zero-order valence-corrected chi connectivity index (χ0v) is 10.1. The number of aliphatic hydroxyl groups is 1. The largest absolute Gasteiger partial charge is 0.396 e. The summed E-state index contributed by atoms with van der Waals surface area (Å²) in [6.45, 7) is 4.33. The Kier molecular flexibility index (Phi) is 4.49. The summed E-state index contributed by atoms with van der Waals surface area (Å²) in [5.74, 6) is 1.37. The second-order valence-electron chi connectivity index (χ2n) is 4.03. The van der Waals surface area contributed by atoms with Gasteiger partial charge >= 0.3 is 0 Å². The van der Waals surface area contributed by atoms with E-state index in [9.17, 15) is 0 Å². The molecule has 90 valence electrons. The normalized spacial score (nSPS) is 14.2. The number of rotatable bonds is 6. The van der Waals surface area contributed by atoms with E-state index in [4.69, 9.17) is 5.11 Å². The average Bonchev–Trinajstić information content (AvgIpc) is 2.29. The topological polar surface area (TPSA) is 70.1 Å². The molecule has 5 nitrogen and oxygen atoms in total. The lowest BCUT2D eigenvalue weighted by Gasteiger charge is -2.29. The molecule has 0 aliphatic heterocycles. The van der Waals surface area contributed by atoms with Gasteiger partial charge in [-0.15, -0.1) is 0 Å². The maximum Gasteiger partial charge on any atom is 0.224 e. The SMILES string of the molecule is CCC(C)(CCO)Nc1ccnc(NC)n1. The number of aromatic nitrogens is 2. The van der Waals surface area contributed by atoms with Crippen molar-refractivity contribution in [2.45, 2.75) is 32.2 Å². The van der Waals surface area contributed by atoms with E-state index in [-0.39, 0.29) is 12.1 Å². The lowest BCUT2D eigenvalue weighted by atomic mass is 9.95. The standard InChI is InChI=1S/C11H20N4O/c1-4-11(2,6-8-16)15-9-5-7-13-10(12-3)14-9/h5,7,16H,4,6,8H2,1-3H3,(H2,12,13,14,15). The van der Waals surface area contributed by atoms with Crippen LogP contribution >= 0.6 is 0 Å². The highest BCUT2D eigenvalue weighted by molar-refractivity contribution is 5.41. The summed E-state index contributed by atoms with van der Waals surface area (Å²) in [6.07, 6.45) is 3.32. The van der Waals surface area contributed by atoms with E-state index in [0.29, 0.717) is 12.4 Å². The molecule has 0 fully saturated rings. The first-order valence-electron chi connectivity index (χ1n) is 5.53. The van der Waals surface area contributed by atoms with Crippen molar-refractivity contribution in [3.63, 3.8) is 0 Å². The van der Waals surface area contributed by atoms with Crippen molar-refractivity contribution in [2.24, 2.45) is 0 Å². The Labute approximate surface area is 96.3 Å². The molecule has 0 bridgehead atoms. The van der Waals surface area contributed by atoms with Crippen LogP contribution < -0.4 is 10.6 Å². The van der Waals surface area contributed by atoms with Gasteiger partial charge in [-0.2, -0.15) is 4.98 Å². The van der Waals surface area contributed by atoms with E-state index in [0.717, 1.165) is 12.2 Å². The van der Waals surface area contributed by atoms with Gasteiger partial charge in [0.25, 0.3) is 0 Å². The molecule has 0 aromatic carbocycles. The third-order valence-corrected chi connectivity index (χ3v) is 2.75. The van der Waals surface area contributed by atoms with Crippen LogP contribution in [-0.2, 0) is 0 Å². The van der Waals surface area contributed by atoms with Crippen LogP contribution in [0.25, 0.3) is 0 Å². The van der Waals surface area contributed by atoms with Crippen molar-refractivity contribution in [2.75, 3.05) is 24.3 Å². The number of nitrogens with one attached hydrogen (secondary N) is 2. The summed E-state index contributed by atoms with van der Waals surface area (Å²) >= 11 is 0. The molecule has 0 aliphatic carbocycles. The Balaban J connectivity index is 2.77. The summed E-state index contributed by atoms with van der Waals surface area (Å²) in [5.41, 5.74) is -0.131. The Bertz CT molecular complexity index is 332. The van der Waals surface area contributed by atoms with E-state index in [2.05, 4.69) is 34.4 Å². The number of anilines is 2. The number of nitrogens with zero attached hydrogens (tertiary/aromatic N) is 2. The molecule has 0 saturated heterocycles. The summed E-state index contributed by atoms with van der Waals surface area (Å²) in [6, 6.07) is 1.83. The van der Waals surface area contributed by atoms with Crippen LogP contribution in [0.3, 0.4) is 0 Å². The van der Waals surface area contributed by atoms with E-state index in [1.807, 2.05) is 6.07 Å². The van der Waals surface area contributed by atoms with Gasteiger partial charge in [0.1, 0.15) is 5.82 Å². The molecule has 1 aromatic rings. The highest BCUT2D eigenvalue weighted by atomic mass is 16.3. The molecule has 16 heavy (non-hydrogen) atoms. The van der Waals surface area contributed by atoms with Gasteiger partial charge in [0.2, 0.25) is 5.95 Å². The maximum absolute atomic E-state index is 9.03. The van der Waals surface area contributed by atoms with Crippen molar-refractivity contribution in [1.29, 1.82) is 0 Å². The molecule has 0 saturated carbocycles. The first-order valence-corrected chi connectivity index (χ1v) is 5.53. The van der Waals surface area contributed by atoms with Crippen molar-refractivity contribution >= 4 is 11.8 Å². The third kappa shape index (κ3) is 3.34. The number of hydrogen-bond donors (Lipinski definition) is 3. The molecule has 0 radical (unpaired) electrons. The monoisotopic (exact) mass is 224 g/mol. The fourth-order valence-electron chi connectivity index (χ4n) is 1.43. The van der Waals surface area contributed by atoms with Crippen molar-refractivity contribution < 1.29 is 5.11 Å². The molecule has 1 heterocycles. The van der Waals surface area contributed by atoms with E-state index < -0.39 is 0 Å². The lowest BCUT2D eigenvalue weighted by Crippen LogP contribution is -2.35. The van der Waals surface area contributed by atoms with Gasteiger partial charge in [-0.1, -0.05) is 6.92 Å². The van der Waals surface area contributed by atoms with E-state index in [1.54, 1.807) is 13.2 Å². The summed E-state index contributed by atoms with van der Waals surface area (Å²) in [4.78, 5) is 8.34. The van der Waals surface area contributed by atoms with Crippen LogP contribution in [0.1, 0.15) is 26.7 Å². The smallest absolute Gasteiger partial charge is 0.224 e. The van der Waals surface area contributed by atoms with Gasteiger partial charge < -0.3 is 15.7 Å². The molecule has 1 unspecified atom stereocenters. The predicted molar refractivity (Wildman–Crippen MR) is 65.6 cm³/mol. The van der Waals surface area contributed by atoms with Gasteiger partial charge in [0.15, 0.2) is 0 Å². The quantitative estimate of drug-likeness (QED) is 0.683. The molecule has 3 N–H and O–H groups in total. The molecular weight excluding hydrogens is 204 g/mol. The number of hydrogen-bond acceptors (Lipinski definition) is 5. The number of aliphatic hydroxyl groups excluding tert-OH is 1. The van der Waals surface area contributed by atoms with Gasteiger partial charge in [0, 0.05) is 25.4 Å². The highest BCUT2D eigenvalue weighted by Gasteiger charge is 2.21. The second kappa shape index (κ2) is 5.65. The maximum atomic E-state index is 9.03. The van der Waals surface area contributed by atoms with Crippen LogP contribution in [0.4, 0.5) is 11.8 Å². The molecular formula is C11H20N4O. The van der Waals surface area contributed by atoms with Crippen molar-refractivity contribution in [3.05, 3.63) is 12.3 Å². The van der Waals surface area contributed by atoms with Gasteiger partial charge in [-0.25, -0.2) is 4.98 Å². The van der Waals surface area contributed by atoms with Crippen molar-refractivity contribution in [1.82, 2.24) is 9.97 Å². The van der Waals surface area contributed by atoms with E-state index >= 15 is 0 Å². The average molecular weight is 224 g/mol. The molecule has 0 amide bonds. The summed E-state index contributed by atoms with van der Waals surface area (Å²) < 4.78 is 0. The Morgan fingerprint density at radius 3 is 2.81 bits per heavy atom. The fraction of sp³-hybridized carbons (Fsp3) is 0.636. The summed E-state index contributed by atoms with van der Waals surface area (Å²) in [5, 5.41) is 15.2. The minimum Gasteiger partial charge on any atom is -0.396 e. The van der Waals surface area contributed by atoms with E-state index in [1.165, 1.54) is 0 Å². The Morgan fingerprint density at radius 2 is 2.25 bits per heavy atom. The summed E-state index contributed by atoms with van der Waals surface area (Å²) in [7, 11) is 1.78. The first kappa shape index (κ1) is 12.7. The molecule has 1 atom stereocenters.